The SMILES string of the molecule is CSCC[C@@H](NC(=O)[C@H]1Cc2ccccc2CN1C(=O)[C@H](CCCN=C(N)N)NC(=O)[C@H](CC1CCCCC1)NC(C)=O)C(=O)N(C)[C@@H](C)C(=O)N[C@@H](CO)C(=O)N(C)[C@@H](C)C(N)=O. The molecule has 0 bridgehead atoms. The second-order valence-corrected chi connectivity index (χ2v) is 17.7. The predicted octanol–water partition coefficient (Wildman–Crippen LogP) is -1.15. The molecule has 2 aliphatic rings. The number of nitrogens with one attached hydrogen (secondary N) is 4. The van der Waals surface area contributed by atoms with Gasteiger partial charge in [0, 0.05) is 40.5 Å². The maximum absolute atomic E-state index is 14.8. The molecule has 356 valence electrons. The third-order valence-electron chi connectivity index (χ3n) is 12.1. The number of guanidine groups is 1. The van der Waals surface area contributed by atoms with Crippen LogP contribution in [0, 0.1) is 5.92 Å². The van der Waals surface area contributed by atoms with Gasteiger partial charge in [-0.2, -0.15) is 11.8 Å². The van der Waals surface area contributed by atoms with Gasteiger partial charge in [-0.05, 0) is 68.6 Å². The van der Waals surface area contributed by atoms with Crippen molar-refractivity contribution in [3.8, 4) is 0 Å². The van der Waals surface area contributed by atoms with Crippen LogP contribution >= 0.6 is 11.8 Å². The molecule has 1 aliphatic heterocycles. The molecule has 1 fully saturated rings. The molecule has 1 aromatic carbocycles. The van der Waals surface area contributed by atoms with Gasteiger partial charge in [0.25, 0.3) is 0 Å². The highest BCUT2D eigenvalue weighted by Gasteiger charge is 2.41. The minimum Gasteiger partial charge on any atom is -0.394 e. The van der Waals surface area contributed by atoms with Crippen molar-refractivity contribution in [1.29, 1.82) is 0 Å². The van der Waals surface area contributed by atoms with Crippen LogP contribution in [-0.2, 0) is 51.3 Å². The molecule has 1 aromatic rings. The molecule has 1 heterocycles. The first-order chi connectivity index (χ1) is 30.3. The number of hydrogen-bond acceptors (Lipinski definition) is 11. The molecule has 0 saturated heterocycles. The van der Waals surface area contributed by atoms with E-state index < -0.39 is 90.3 Å². The van der Waals surface area contributed by atoms with E-state index in [1.165, 1.54) is 51.5 Å². The number of primary amides is 1. The Kier molecular flexibility index (Phi) is 21.3. The molecule has 1 saturated carbocycles. The lowest BCUT2D eigenvalue weighted by Crippen LogP contribution is -2.61. The van der Waals surface area contributed by atoms with Crippen molar-refractivity contribution >= 4 is 65.0 Å². The van der Waals surface area contributed by atoms with E-state index in [9.17, 15) is 43.5 Å². The van der Waals surface area contributed by atoms with Gasteiger partial charge in [-0.15, -0.1) is 0 Å². The summed E-state index contributed by atoms with van der Waals surface area (Å²) in [6.45, 7) is 3.53. The summed E-state index contributed by atoms with van der Waals surface area (Å²) >= 11 is 1.43. The quantitative estimate of drug-likeness (QED) is 0.0367. The summed E-state index contributed by atoms with van der Waals surface area (Å²) in [7, 11) is 2.67. The minimum atomic E-state index is -1.44. The molecule has 0 aromatic heterocycles. The molecule has 1 aliphatic carbocycles. The van der Waals surface area contributed by atoms with Crippen LogP contribution in [0.15, 0.2) is 29.3 Å². The van der Waals surface area contributed by atoms with Gasteiger partial charge in [-0.3, -0.25) is 43.3 Å². The van der Waals surface area contributed by atoms with E-state index in [0.29, 0.717) is 18.6 Å². The fraction of sp³-hybridized carbons (Fsp3) is 0.651. The van der Waals surface area contributed by atoms with Crippen molar-refractivity contribution in [3.63, 3.8) is 0 Å². The van der Waals surface area contributed by atoms with Gasteiger partial charge < -0.3 is 58.3 Å². The molecular weight excluding hydrogens is 847 g/mol. The van der Waals surface area contributed by atoms with Crippen LogP contribution in [0.2, 0.25) is 0 Å². The summed E-state index contributed by atoms with van der Waals surface area (Å²) in [5, 5.41) is 20.9. The molecule has 0 radical (unpaired) electrons. The van der Waals surface area contributed by atoms with Crippen molar-refractivity contribution in [2.24, 2.45) is 28.1 Å². The molecular formula is C43H69N11O9S. The van der Waals surface area contributed by atoms with Crippen molar-refractivity contribution in [3.05, 3.63) is 35.4 Å². The Morgan fingerprint density at radius 1 is 0.812 bits per heavy atom. The number of nitrogens with two attached hydrogens (primary N) is 3. The third-order valence-corrected chi connectivity index (χ3v) is 12.7. The number of amides is 8. The van der Waals surface area contributed by atoms with E-state index in [1.807, 2.05) is 30.5 Å². The van der Waals surface area contributed by atoms with Crippen LogP contribution in [0.1, 0.15) is 89.7 Å². The maximum atomic E-state index is 14.8. The van der Waals surface area contributed by atoms with E-state index >= 15 is 0 Å². The van der Waals surface area contributed by atoms with Crippen LogP contribution in [-0.4, -0.2) is 155 Å². The van der Waals surface area contributed by atoms with Gasteiger partial charge in [0.1, 0.15) is 42.3 Å². The number of aliphatic hydroxyl groups excluding tert-OH is 1. The zero-order valence-electron chi connectivity index (χ0n) is 38.0. The Labute approximate surface area is 380 Å². The van der Waals surface area contributed by atoms with Crippen molar-refractivity contribution in [1.82, 2.24) is 36.0 Å². The fourth-order valence-corrected chi connectivity index (χ4v) is 8.41. The summed E-state index contributed by atoms with van der Waals surface area (Å²) in [6.07, 6.45) is 7.93. The molecule has 0 unspecified atom stereocenters. The number of hydrogen-bond donors (Lipinski definition) is 8. The highest BCUT2D eigenvalue weighted by molar-refractivity contribution is 7.98. The van der Waals surface area contributed by atoms with Gasteiger partial charge in [0.05, 0.1) is 6.61 Å². The first kappa shape index (κ1) is 52.9. The van der Waals surface area contributed by atoms with E-state index in [4.69, 9.17) is 17.2 Å². The van der Waals surface area contributed by atoms with Crippen molar-refractivity contribution in [2.75, 3.05) is 39.3 Å². The second kappa shape index (κ2) is 25.8. The van der Waals surface area contributed by atoms with Gasteiger partial charge in [0.2, 0.25) is 47.3 Å². The number of nitrogens with zero attached hydrogens (tertiary/aromatic N) is 4. The van der Waals surface area contributed by atoms with E-state index in [0.717, 1.165) is 53.0 Å². The van der Waals surface area contributed by atoms with Crippen LogP contribution < -0.4 is 38.5 Å². The van der Waals surface area contributed by atoms with E-state index in [1.54, 1.807) is 0 Å². The molecule has 21 heteroatoms. The second-order valence-electron chi connectivity index (χ2n) is 16.7. The Balaban J connectivity index is 1.91. The average molecular weight is 916 g/mol. The zero-order valence-corrected chi connectivity index (χ0v) is 38.8. The highest BCUT2D eigenvalue weighted by atomic mass is 32.2. The third kappa shape index (κ3) is 15.4. The number of thioether (sulfide) groups is 1. The number of benzene rings is 1. The van der Waals surface area contributed by atoms with E-state index in [2.05, 4.69) is 26.3 Å². The number of aliphatic hydroxyl groups is 1. The van der Waals surface area contributed by atoms with Gasteiger partial charge in [-0.1, -0.05) is 56.4 Å². The highest BCUT2D eigenvalue weighted by Crippen LogP contribution is 2.28. The fourth-order valence-electron chi connectivity index (χ4n) is 7.93. The summed E-state index contributed by atoms with van der Waals surface area (Å²) in [6, 6.07) is -0.608. The number of rotatable bonds is 23. The van der Waals surface area contributed by atoms with Crippen LogP contribution in [0.4, 0.5) is 0 Å². The van der Waals surface area contributed by atoms with Crippen LogP contribution in [0.3, 0.4) is 0 Å². The smallest absolute Gasteiger partial charge is 0.247 e. The Hall–Kier alpha value is -5.44. The topological polar surface area (TPSA) is 305 Å². The normalized spacial score (nSPS) is 17.7. The summed E-state index contributed by atoms with van der Waals surface area (Å²) in [5.41, 5.74) is 18.0. The molecule has 7 atom stereocenters. The monoisotopic (exact) mass is 916 g/mol. The molecule has 3 rings (SSSR count). The van der Waals surface area contributed by atoms with Crippen molar-refractivity contribution < 1.29 is 43.5 Å². The average Bonchev–Trinajstić information content (AvgIpc) is 3.27. The Morgan fingerprint density at radius 2 is 1.42 bits per heavy atom. The molecule has 64 heavy (non-hydrogen) atoms. The predicted molar refractivity (Wildman–Crippen MR) is 243 cm³/mol. The molecule has 0 spiro atoms. The van der Waals surface area contributed by atoms with Crippen molar-refractivity contribution in [2.45, 2.75) is 134 Å². The van der Waals surface area contributed by atoms with Gasteiger partial charge >= 0.3 is 0 Å². The summed E-state index contributed by atoms with van der Waals surface area (Å²) < 4.78 is 0. The molecule has 8 amide bonds. The number of likely N-dealkylation sites (N-methyl/N-ethyl adjacent to an activating group) is 2. The Bertz CT molecular complexity index is 1840. The Morgan fingerprint density at radius 3 is 2.02 bits per heavy atom. The number of carbonyl (C=O) groups is 8. The van der Waals surface area contributed by atoms with Gasteiger partial charge in [0.15, 0.2) is 5.96 Å². The van der Waals surface area contributed by atoms with Crippen LogP contribution in [0.5, 0.6) is 0 Å². The van der Waals surface area contributed by atoms with Crippen LogP contribution in [0.25, 0.3) is 0 Å². The first-order valence-corrected chi connectivity index (χ1v) is 23.2. The first-order valence-electron chi connectivity index (χ1n) is 21.8. The lowest BCUT2D eigenvalue weighted by Gasteiger charge is -2.39. The zero-order chi connectivity index (χ0) is 47.7. The lowest BCUT2D eigenvalue weighted by atomic mass is 9.84. The summed E-state index contributed by atoms with van der Waals surface area (Å²) in [4.78, 5) is 115. The lowest BCUT2D eigenvalue weighted by molar-refractivity contribution is -0.147. The molecule has 11 N–H and O–H groups in total. The maximum Gasteiger partial charge on any atom is 0.247 e. The van der Waals surface area contributed by atoms with E-state index in [-0.39, 0.29) is 50.1 Å². The standard InChI is InChI=1S/C43H69N11O9S/c1-25(36(44)57)52(4)41(62)34(24-55)51-37(58)26(2)53(5)40(61)32(18-20-64-6)50-39(60)35-22-29-15-10-11-16-30(29)23-54(35)42(63)31(17-12-19-47-43(45)46)49-38(59)33(48-27(3)56)21-28-13-8-7-9-14-28/h10-11,15-16,25-26,28,31-35,55H,7-9,12-14,17-24H2,1-6H3,(H2,44,57)(H,48,56)(H,49,59)(H,50,60)(H,51,58)(H4,45,46,47)/t25-,26-,31-,32+,33-,34-,35+/m0/s1. The number of carbonyl (C=O) groups excluding carboxylic acids is 8. The minimum absolute atomic E-state index is 0.0171. The van der Waals surface area contributed by atoms with Gasteiger partial charge in [-0.25, -0.2) is 0 Å². The largest absolute Gasteiger partial charge is 0.394 e. The number of fused-ring (bicyclic) bond motifs is 1. The summed E-state index contributed by atoms with van der Waals surface area (Å²) in [5.74, 6) is -4.54. The number of aliphatic imine (C=N–C) groups is 1. The molecule has 20 nitrogen and oxygen atoms in total.